The zero-order valence-electron chi connectivity index (χ0n) is 9.07. The fourth-order valence-corrected chi connectivity index (χ4v) is 2.17. The molecule has 0 spiro atoms. The maximum absolute atomic E-state index is 4.39. The molecule has 14 heavy (non-hydrogen) atoms. The van der Waals surface area contributed by atoms with Crippen LogP contribution in [0.5, 0.6) is 0 Å². The number of halogens is 1. The second-order valence-corrected chi connectivity index (χ2v) is 4.93. The first-order chi connectivity index (χ1) is 6.66. The minimum Gasteiger partial charge on any atom is -0.261 e. The van der Waals surface area contributed by atoms with Crippen molar-refractivity contribution >= 4 is 15.9 Å². The molecule has 0 amide bonds. The number of nitrogens with zero attached hydrogens (tertiary/aromatic N) is 1. The lowest BCUT2D eigenvalue weighted by atomic mass is 9.92. The molecular weight excluding hydrogens is 238 g/mol. The summed E-state index contributed by atoms with van der Waals surface area (Å²) in [5.41, 5.74) is 1.18. The van der Waals surface area contributed by atoms with Gasteiger partial charge in [-0.3, -0.25) is 4.98 Å². The number of aromatic nitrogens is 1. The zero-order chi connectivity index (χ0) is 10.6. The van der Waals surface area contributed by atoms with Crippen LogP contribution >= 0.6 is 15.9 Å². The van der Waals surface area contributed by atoms with Crippen LogP contribution in [0.15, 0.2) is 24.4 Å². The second kappa shape index (κ2) is 5.50. The Morgan fingerprint density at radius 2 is 2.07 bits per heavy atom. The standard InChI is InChI=1S/C12H18BrN/c1-4-9(2)12(13)10(3)11-7-5-6-8-14-11/h5-10,12H,4H2,1-3H3. The van der Waals surface area contributed by atoms with Gasteiger partial charge in [0.2, 0.25) is 0 Å². The molecule has 0 N–H and O–H groups in total. The van der Waals surface area contributed by atoms with Gasteiger partial charge in [-0.15, -0.1) is 0 Å². The summed E-state index contributed by atoms with van der Waals surface area (Å²) in [6, 6.07) is 6.11. The molecule has 1 aromatic rings. The van der Waals surface area contributed by atoms with E-state index >= 15 is 0 Å². The molecule has 1 nitrogen and oxygen atoms in total. The molecule has 2 heteroatoms. The van der Waals surface area contributed by atoms with E-state index in [1.807, 2.05) is 12.3 Å². The molecule has 0 bridgehead atoms. The molecule has 0 aliphatic rings. The molecule has 0 aliphatic carbocycles. The van der Waals surface area contributed by atoms with Crippen LogP contribution in [-0.2, 0) is 0 Å². The lowest BCUT2D eigenvalue weighted by molar-refractivity contribution is 0.489. The third-order valence-electron chi connectivity index (χ3n) is 2.82. The molecule has 0 aromatic carbocycles. The van der Waals surface area contributed by atoms with E-state index in [-0.39, 0.29) is 0 Å². The quantitative estimate of drug-likeness (QED) is 0.742. The zero-order valence-corrected chi connectivity index (χ0v) is 10.7. The second-order valence-electron chi connectivity index (χ2n) is 3.87. The molecule has 0 fully saturated rings. The van der Waals surface area contributed by atoms with Crippen molar-refractivity contribution in [2.24, 2.45) is 5.92 Å². The van der Waals surface area contributed by atoms with Crippen LogP contribution in [0, 0.1) is 5.92 Å². The number of alkyl halides is 1. The van der Waals surface area contributed by atoms with E-state index in [0.717, 1.165) is 0 Å². The van der Waals surface area contributed by atoms with Gasteiger partial charge >= 0.3 is 0 Å². The third kappa shape index (κ3) is 2.81. The summed E-state index contributed by atoms with van der Waals surface area (Å²) in [5.74, 6) is 1.16. The van der Waals surface area contributed by atoms with Gasteiger partial charge in [-0.1, -0.05) is 49.2 Å². The largest absolute Gasteiger partial charge is 0.261 e. The summed E-state index contributed by atoms with van der Waals surface area (Å²) in [6.45, 7) is 6.73. The van der Waals surface area contributed by atoms with Crippen molar-refractivity contribution in [1.29, 1.82) is 0 Å². The van der Waals surface area contributed by atoms with Crippen molar-refractivity contribution in [2.75, 3.05) is 0 Å². The van der Waals surface area contributed by atoms with Crippen molar-refractivity contribution in [1.82, 2.24) is 4.98 Å². The average Bonchev–Trinajstić information content (AvgIpc) is 2.27. The predicted molar refractivity (Wildman–Crippen MR) is 64.8 cm³/mol. The highest BCUT2D eigenvalue weighted by molar-refractivity contribution is 9.09. The predicted octanol–water partition coefficient (Wildman–Crippen LogP) is 3.99. The lowest BCUT2D eigenvalue weighted by Gasteiger charge is -2.23. The molecule has 1 heterocycles. The maximum atomic E-state index is 4.39. The first kappa shape index (κ1) is 11.7. The SMILES string of the molecule is CCC(C)C(Br)C(C)c1ccccn1. The molecule has 3 atom stereocenters. The van der Waals surface area contributed by atoms with E-state index in [0.29, 0.717) is 16.7 Å². The minimum absolute atomic E-state index is 0.478. The Bertz CT molecular complexity index is 260. The van der Waals surface area contributed by atoms with Gasteiger partial charge in [-0.2, -0.15) is 0 Å². The maximum Gasteiger partial charge on any atom is 0.0442 e. The Hall–Kier alpha value is -0.370. The fraction of sp³-hybridized carbons (Fsp3) is 0.583. The molecule has 0 radical (unpaired) electrons. The fourth-order valence-electron chi connectivity index (χ4n) is 1.53. The van der Waals surface area contributed by atoms with Gasteiger partial charge in [0.25, 0.3) is 0 Å². The summed E-state index contributed by atoms with van der Waals surface area (Å²) >= 11 is 3.77. The highest BCUT2D eigenvalue weighted by Crippen LogP contribution is 2.30. The first-order valence-corrected chi connectivity index (χ1v) is 6.13. The van der Waals surface area contributed by atoms with Crippen molar-refractivity contribution in [3.05, 3.63) is 30.1 Å². The van der Waals surface area contributed by atoms with Gasteiger partial charge in [0.05, 0.1) is 0 Å². The van der Waals surface area contributed by atoms with Crippen molar-refractivity contribution in [3.8, 4) is 0 Å². The van der Waals surface area contributed by atoms with Crippen LogP contribution < -0.4 is 0 Å². The summed E-state index contributed by atoms with van der Waals surface area (Å²) < 4.78 is 0. The van der Waals surface area contributed by atoms with E-state index in [1.54, 1.807) is 0 Å². The van der Waals surface area contributed by atoms with Gasteiger partial charge in [0.15, 0.2) is 0 Å². The van der Waals surface area contributed by atoms with E-state index < -0.39 is 0 Å². The number of rotatable bonds is 4. The van der Waals surface area contributed by atoms with Gasteiger partial charge in [0.1, 0.15) is 0 Å². The van der Waals surface area contributed by atoms with Gasteiger partial charge in [0, 0.05) is 22.6 Å². The smallest absolute Gasteiger partial charge is 0.0442 e. The Balaban J connectivity index is 2.70. The third-order valence-corrected chi connectivity index (χ3v) is 4.51. The molecule has 3 unspecified atom stereocenters. The Labute approximate surface area is 95.1 Å². The number of hydrogen-bond donors (Lipinski definition) is 0. The van der Waals surface area contributed by atoms with Crippen molar-refractivity contribution in [3.63, 3.8) is 0 Å². The minimum atomic E-state index is 0.478. The van der Waals surface area contributed by atoms with Crippen LogP contribution in [0.2, 0.25) is 0 Å². The van der Waals surface area contributed by atoms with Gasteiger partial charge < -0.3 is 0 Å². The van der Waals surface area contributed by atoms with Gasteiger partial charge in [-0.05, 0) is 18.1 Å². The molecule has 78 valence electrons. The molecule has 0 aliphatic heterocycles. The van der Waals surface area contributed by atoms with E-state index in [1.165, 1.54) is 12.1 Å². The highest BCUT2D eigenvalue weighted by Gasteiger charge is 2.21. The normalized spacial score (nSPS) is 17.4. The van der Waals surface area contributed by atoms with Gasteiger partial charge in [-0.25, -0.2) is 0 Å². The molecule has 1 aromatic heterocycles. The Morgan fingerprint density at radius 1 is 1.36 bits per heavy atom. The molecule has 0 saturated carbocycles. The molecule has 1 rings (SSSR count). The summed E-state index contributed by atoms with van der Waals surface area (Å²) in [6.07, 6.45) is 3.06. The summed E-state index contributed by atoms with van der Waals surface area (Å²) in [5, 5.41) is 0. The monoisotopic (exact) mass is 255 g/mol. The van der Waals surface area contributed by atoms with Crippen LogP contribution in [0.25, 0.3) is 0 Å². The van der Waals surface area contributed by atoms with E-state index in [4.69, 9.17) is 0 Å². The Kier molecular flexibility index (Phi) is 4.59. The van der Waals surface area contributed by atoms with Crippen LogP contribution in [0.4, 0.5) is 0 Å². The Morgan fingerprint density at radius 3 is 2.57 bits per heavy atom. The van der Waals surface area contributed by atoms with Crippen molar-refractivity contribution in [2.45, 2.75) is 37.9 Å². The summed E-state index contributed by atoms with van der Waals surface area (Å²) in [7, 11) is 0. The van der Waals surface area contributed by atoms with Crippen molar-refractivity contribution < 1.29 is 0 Å². The molecular formula is C12H18BrN. The van der Waals surface area contributed by atoms with Crippen LogP contribution in [-0.4, -0.2) is 9.81 Å². The summed E-state index contributed by atoms with van der Waals surface area (Å²) in [4.78, 5) is 4.90. The topological polar surface area (TPSA) is 12.9 Å². The van der Waals surface area contributed by atoms with Crippen LogP contribution in [0.1, 0.15) is 38.8 Å². The first-order valence-electron chi connectivity index (χ1n) is 5.21. The van der Waals surface area contributed by atoms with E-state index in [2.05, 4.69) is 53.8 Å². The van der Waals surface area contributed by atoms with E-state index in [9.17, 15) is 0 Å². The number of hydrogen-bond acceptors (Lipinski definition) is 1. The highest BCUT2D eigenvalue weighted by atomic mass is 79.9. The van der Waals surface area contributed by atoms with Crippen LogP contribution in [0.3, 0.4) is 0 Å². The molecule has 0 saturated heterocycles. The number of pyridine rings is 1. The lowest BCUT2D eigenvalue weighted by Crippen LogP contribution is -2.18. The average molecular weight is 256 g/mol.